The minimum atomic E-state index is -0.126. The van der Waals surface area contributed by atoms with Gasteiger partial charge < -0.3 is 24.3 Å². The van der Waals surface area contributed by atoms with Crippen LogP contribution in [0.25, 0.3) is 22.0 Å². The second-order valence-electron chi connectivity index (χ2n) is 7.94. The average molecular weight is 505 g/mol. The lowest BCUT2D eigenvalue weighted by atomic mass is 10.0. The Morgan fingerprint density at radius 3 is 2.94 bits per heavy atom. The van der Waals surface area contributed by atoms with Crippen LogP contribution in [0.1, 0.15) is 18.5 Å². The number of ether oxygens (including phenoxy) is 2. The molecule has 1 aliphatic rings. The van der Waals surface area contributed by atoms with Gasteiger partial charge in [0.15, 0.2) is 6.61 Å². The molecule has 2 N–H and O–H groups in total. The van der Waals surface area contributed by atoms with E-state index in [0.29, 0.717) is 61.5 Å². The van der Waals surface area contributed by atoms with E-state index in [2.05, 4.69) is 20.1 Å². The summed E-state index contributed by atoms with van der Waals surface area (Å²) >= 11 is 13.1. The quantitative estimate of drug-likeness (QED) is 0.408. The molecule has 9 nitrogen and oxygen atoms in total. The predicted octanol–water partition coefficient (Wildman–Crippen LogP) is 3.60. The Bertz CT molecular complexity index is 1200. The molecular formula is C23H26Cl2N6O3. The predicted molar refractivity (Wildman–Crippen MR) is 130 cm³/mol. The van der Waals surface area contributed by atoms with Crippen LogP contribution in [0.5, 0.6) is 5.75 Å². The molecule has 0 aliphatic carbocycles. The van der Waals surface area contributed by atoms with Crippen molar-refractivity contribution in [1.29, 1.82) is 5.26 Å². The normalized spacial score (nSPS) is 13.2. The lowest BCUT2D eigenvalue weighted by Crippen LogP contribution is -2.38. The maximum atomic E-state index is 13.0. The van der Waals surface area contributed by atoms with Crippen LogP contribution in [0.2, 0.25) is 10.0 Å². The summed E-state index contributed by atoms with van der Waals surface area (Å²) in [7, 11) is 1.88. The van der Waals surface area contributed by atoms with Gasteiger partial charge in [-0.25, -0.2) is 0 Å². The van der Waals surface area contributed by atoms with E-state index in [0.717, 1.165) is 34.3 Å². The zero-order valence-electron chi connectivity index (χ0n) is 18.9. The third-order valence-corrected chi connectivity index (χ3v) is 6.61. The number of nitrogens with one attached hydrogen (secondary N) is 2. The van der Waals surface area contributed by atoms with Crippen LogP contribution < -0.4 is 10.1 Å². The highest BCUT2D eigenvalue weighted by atomic mass is 35.5. The molecule has 0 spiro atoms. The number of halogens is 2. The Kier molecular flexibility index (Phi) is 7.95. The molecule has 180 valence electrons. The maximum Gasteiger partial charge on any atom is 0.223 e. The van der Waals surface area contributed by atoms with Crippen molar-refractivity contribution >= 4 is 40.0 Å². The molecule has 11 heteroatoms. The number of H-pyrrole nitrogens is 1. The van der Waals surface area contributed by atoms with Crippen molar-refractivity contribution < 1.29 is 14.3 Å². The number of rotatable bonds is 10. The van der Waals surface area contributed by atoms with Crippen LogP contribution in [0, 0.1) is 11.3 Å². The van der Waals surface area contributed by atoms with Crippen molar-refractivity contribution in [2.75, 3.05) is 40.0 Å². The number of aromatic amines is 1. The zero-order chi connectivity index (χ0) is 24.1. The Morgan fingerprint density at radius 2 is 2.21 bits per heavy atom. The molecule has 4 rings (SSSR count). The monoisotopic (exact) mass is 504 g/mol. The van der Waals surface area contributed by atoms with E-state index in [-0.39, 0.29) is 12.5 Å². The maximum absolute atomic E-state index is 13.0. The van der Waals surface area contributed by atoms with E-state index in [1.54, 1.807) is 18.5 Å². The Morgan fingerprint density at radius 1 is 1.35 bits per heavy atom. The fraction of sp³-hybridized carbons (Fsp3) is 0.435. The van der Waals surface area contributed by atoms with Crippen molar-refractivity contribution in [2.45, 2.75) is 25.9 Å². The molecule has 0 fully saturated rings. The van der Waals surface area contributed by atoms with Gasteiger partial charge in [-0.3, -0.25) is 9.89 Å². The first-order chi connectivity index (χ1) is 16.6. The Hall–Kier alpha value is -2.77. The molecule has 1 aliphatic heterocycles. The number of hydrogen-bond acceptors (Lipinski definition) is 6. The van der Waals surface area contributed by atoms with Gasteiger partial charge in [-0.05, 0) is 13.5 Å². The lowest BCUT2D eigenvalue weighted by molar-refractivity contribution is -0.133. The van der Waals surface area contributed by atoms with Gasteiger partial charge in [0.05, 0.1) is 40.3 Å². The fourth-order valence-corrected chi connectivity index (χ4v) is 4.73. The van der Waals surface area contributed by atoms with Gasteiger partial charge in [0.2, 0.25) is 5.91 Å². The second kappa shape index (κ2) is 11.1. The molecule has 2 aromatic heterocycles. The highest BCUT2D eigenvalue weighted by Gasteiger charge is 2.30. The van der Waals surface area contributed by atoms with E-state index >= 15 is 0 Å². The van der Waals surface area contributed by atoms with Crippen molar-refractivity contribution in [3.8, 4) is 22.9 Å². The molecule has 0 saturated heterocycles. The number of benzene rings is 1. The summed E-state index contributed by atoms with van der Waals surface area (Å²) in [6, 6.07) is 3.63. The van der Waals surface area contributed by atoms with Crippen LogP contribution >= 0.6 is 23.2 Å². The first kappa shape index (κ1) is 24.4. The number of carbonyl (C=O) groups excluding carboxylic acids is 1. The summed E-state index contributed by atoms with van der Waals surface area (Å²) in [5, 5.41) is 20.6. The molecule has 0 radical (unpaired) electrons. The first-order valence-corrected chi connectivity index (χ1v) is 11.8. The zero-order valence-corrected chi connectivity index (χ0v) is 20.4. The van der Waals surface area contributed by atoms with Crippen molar-refractivity contribution in [2.24, 2.45) is 0 Å². The van der Waals surface area contributed by atoms with E-state index < -0.39 is 0 Å². The number of fused-ring (bicyclic) bond motifs is 3. The standard InChI is InChI=1S/C23H26Cl2N6O3/c1-27-5-10-33-8-2-3-19(32)30-6-7-31-17(14-30)20(15-12-28-29-13-15)21-18(34-9-4-26)11-16(24)22(25)23(21)31/h11-13,27H,2-3,5-10,14H2,1H3,(H,28,29). The number of carbonyl (C=O) groups is 1. The SMILES string of the molecule is CNCCOCCCC(=O)N1CCn2c(c(-c3cn[nH]c3)c3c(OCC#N)cc(Cl)c(Cl)c32)C1. The van der Waals surface area contributed by atoms with E-state index in [1.807, 2.05) is 18.0 Å². The second-order valence-corrected chi connectivity index (χ2v) is 8.72. The fourth-order valence-electron chi connectivity index (χ4n) is 4.29. The summed E-state index contributed by atoms with van der Waals surface area (Å²) in [5.74, 6) is 0.553. The molecule has 0 unspecified atom stereocenters. The van der Waals surface area contributed by atoms with Crippen LogP contribution in [-0.2, 0) is 22.6 Å². The topological polar surface area (TPSA) is 108 Å². The molecule has 0 bridgehead atoms. The molecule has 0 saturated carbocycles. The molecule has 1 amide bonds. The highest BCUT2D eigenvalue weighted by molar-refractivity contribution is 6.45. The van der Waals surface area contributed by atoms with Crippen LogP contribution in [0.15, 0.2) is 18.5 Å². The molecular weight excluding hydrogens is 479 g/mol. The van der Waals surface area contributed by atoms with Gasteiger partial charge in [-0.15, -0.1) is 0 Å². The number of nitrogens with zero attached hydrogens (tertiary/aromatic N) is 4. The summed E-state index contributed by atoms with van der Waals surface area (Å²) < 4.78 is 13.4. The molecule has 3 aromatic rings. The number of nitriles is 1. The summed E-state index contributed by atoms with van der Waals surface area (Å²) in [5.41, 5.74) is 3.36. The Labute approximate surface area is 207 Å². The van der Waals surface area contributed by atoms with Crippen LogP contribution in [0.4, 0.5) is 0 Å². The molecule has 34 heavy (non-hydrogen) atoms. The van der Waals surface area contributed by atoms with E-state index in [1.165, 1.54) is 0 Å². The van der Waals surface area contributed by atoms with Gasteiger partial charge in [-0.1, -0.05) is 23.2 Å². The minimum absolute atomic E-state index is 0.0805. The van der Waals surface area contributed by atoms with E-state index in [4.69, 9.17) is 37.9 Å². The largest absolute Gasteiger partial charge is 0.478 e. The number of amides is 1. The number of aromatic nitrogens is 3. The summed E-state index contributed by atoms with van der Waals surface area (Å²) in [6.45, 7) is 3.37. The average Bonchev–Trinajstić information content (AvgIpc) is 3.48. The molecule has 3 heterocycles. The van der Waals surface area contributed by atoms with Crippen molar-refractivity contribution in [3.05, 3.63) is 34.2 Å². The number of hydrogen-bond donors (Lipinski definition) is 2. The van der Waals surface area contributed by atoms with Crippen molar-refractivity contribution in [1.82, 2.24) is 25.0 Å². The van der Waals surface area contributed by atoms with Gasteiger partial charge >= 0.3 is 0 Å². The Balaban J connectivity index is 1.67. The minimum Gasteiger partial charge on any atom is -0.478 e. The third-order valence-electron chi connectivity index (χ3n) is 5.83. The highest BCUT2D eigenvalue weighted by Crippen LogP contribution is 2.47. The smallest absolute Gasteiger partial charge is 0.223 e. The van der Waals surface area contributed by atoms with Gasteiger partial charge in [0.25, 0.3) is 0 Å². The summed E-state index contributed by atoms with van der Waals surface area (Å²) in [6.07, 6.45) is 4.60. The molecule has 1 aromatic carbocycles. The van der Waals surface area contributed by atoms with Gasteiger partial charge in [0.1, 0.15) is 11.8 Å². The van der Waals surface area contributed by atoms with Gasteiger partial charge in [-0.2, -0.15) is 10.4 Å². The summed E-state index contributed by atoms with van der Waals surface area (Å²) in [4.78, 5) is 14.8. The lowest BCUT2D eigenvalue weighted by Gasteiger charge is -2.30. The van der Waals surface area contributed by atoms with Crippen LogP contribution in [0.3, 0.4) is 0 Å². The third kappa shape index (κ3) is 4.86. The molecule has 0 atom stereocenters. The first-order valence-electron chi connectivity index (χ1n) is 11.1. The van der Waals surface area contributed by atoms with E-state index in [9.17, 15) is 4.79 Å². The number of likely N-dealkylation sites (N-methyl/N-ethyl adjacent to an activating group) is 1. The van der Waals surface area contributed by atoms with Crippen molar-refractivity contribution in [3.63, 3.8) is 0 Å². The van der Waals surface area contributed by atoms with Crippen LogP contribution in [-0.4, -0.2) is 65.5 Å². The van der Waals surface area contributed by atoms with Gasteiger partial charge in [0, 0.05) is 61.7 Å².